The second-order valence-electron chi connectivity index (χ2n) is 11.1. The van der Waals surface area contributed by atoms with Gasteiger partial charge in [0.05, 0.1) is 12.9 Å². The first-order valence-electron chi connectivity index (χ1n) is 14.7. The highest BCUT2D eigenvalue weighted by molar-refractivity contribution is 7.99. The van der Waals surface area contributed by atoms with Crippen molar-refractivity contribution < 1.29 is 22.7 Å². The molecular formula is C32H46N2O5S2. The Balaban J connectivity index is 1.84. The number of thioether (sulfide) groups is 1. The Bertz CT molecular complexity index is 1260. The molecule has 1 saturated carbocycles. The summed E-state index contributed by atoms with van der Waals surface area (Å²) in [6, 6.07) is 13.1. The van der Waals surface area contributed by atoms with E-state index in [9.17, 15) is 18.0 Å². The average Bonchev–Trinajstić information content (AvgIpc) is 2.96. The fraction of sp³-hybridized carbons (Fsp3) is 0.562. The molecule has 9 heteroatoms. The average molecular weight is 603 g/mol. The molecule has 0 radical (unpaired) electrons. The van der Waals surface area contributed by atoms with Gasteiger partial charge in [-0.25, -0.2) is 13.2 Å². The highest BCUT2D eigenvalue weighted by Crippen LogP contribution is 2.30. The number of carbonyl (C=O) groups is 2. The van der Waals surface area contributed by atoms with Crippen molar-refractivity contribution in [1.82, 2.24) is 10.6 Å². The van der Waals surface area contributed by atoms with Crippen LogP contribution in [-0.4, -0.2) is 63.0 Å². The van der Waals surface area contributed by atoms with Crippen molar-refractivity contribution in [1.29, 1.82) is 0 Å². The van der Waals surface area contributed by atoms with Crippen molar-refractivity contribution >= 4 is 33.5 Å². The van der Waals surface area contributed by atoms with Gasteiger partial charge in [0.15, 0.2) is 0 Å². The van der Waals surface area contributed by atoms with Crippen LogP contribution in [0.15, 0.2) is 42.5 Å². The third-order valence-corrected chi connectivity index (χ3v) is 9.82. The van der Waals surface area contributed by atoms with Crippen LogP contribution < -0.4 is 10.6 Å². The van der Waals surface area contributed by atoms with Gasteiger partial charge in [0.25, 0.3) is 5.91 Å². The number of ether oxygens (including phenoxy) is 1. The summed E-state index contributed by atoms with van der Waals surface area (Å²) < 4.78 is 28.3. The number of sulfone groups is 1. The monoisotopic (exact) mass is 602 g/mol. The van der Waals surface area contributed by atoms with Crippen LogP contribution >= 0.6 is 11.8 Å². The van der Waals surface area contributed by atoms with E-state index in [0.717, 1.165) is 45.9 Å². The lowest BCUT2D eigenvalue weighted by Gasteiger charge is -2.27. The summed E-state index contributed by atoms with van der Waals surface area (Å²) >= 11 is 1.97. The highest BCUT2D eigenvalue weighted by Gasteiger charge is 2.25. The number of hydrogen-bond donors (Lipinski definition) is 2. The molecule has 0 spiro atoms. The molecule has 2 aromatic rings. The quantitative estimate of drug-likeness (QED) is 0.258. The minimum atomic E-state index is -3.32. The Labute approximate surface area is 250 Å². The van der Waals surface area contributed by atoms with E-state index in [1.54, 1.807) is 6.07 Å². The summed E-state index contributed by atoms with van der Waals surface area (Å²) in [5.41, 5.74) is 4.25. The van der Waals surface area contributed by atoms with E-state index < -0.39 is 27.8 Å². The van der Waals surface area contributed by atoms with Gasteiger partial charge in [0, 0.05) is 30.2 Å². The van der Waals surface area contributed by atoms with Gasteiger partial charge in [-0.15, -0.1) is 0 Å². The second kappa shape index (κ2) is 16.3. The molecule has 1 aliphatic rings. The Morgan fingerprint density at radius 1 is 1.07 bits per heavy atom. The van der Waals surface area contributed by atoms with Crippen molar-refractivity contribution in [3.8, 4) is 11.1 Å². The van der Waals surface area contributed by atoms with Crippen molar-refractivity contribution in [3.63, 3.8) is 0 Å². The van der Waals surface area contributed by atoms with E-state index in [1.165, 1.54) is 45.6 Å². The molecule has 3 rings (SSSR count). The van der Waals surface area contributed by atoms with Gasteiger partial charge in [0.1, 0.15) is 15.9 Å². The zero-order chi connectivity index (χ0) is 29.8. The summed E-state index contributed by atoms with van der Waals surface area (Å²) in [6.07, 6.45) is 8.93. The molecule has 2 atom stereocenters. The van der Waals surface area contributed by atoms with Crippen molar-refractivity contribution in [3.05, 3.63) is 59.2 Å². The molecule has 0 aromatic heterocycles. The maximum atomic E-state index is 13.5. The maximum absolute atomic E-state index is 13.5. The number of nitrogens with one attached hydrogen (secondary N) is 2. The van der Waals surface area contributed by atoms with Gasteiger partial charge in [-0.2, -0.15) is 11.8 Å². The van der Waals surface area contributed by atoms with Gasteiger partial charge in [-0.1, -0.05) is 69.4 Å². The number of hydrogen-bond acceptors (Lipinski definition) is 7. The van der Waals surface area contributed by atoms with Crippen LogP contribution in [0.1, 0.15) is 73.4 Å². The Hall–Kier alpha value is -2.36. The molecule has 0 aliphatic heterocycles. The van der Waals surface area contributed by atoms with Gasteiger partial charge in [0.2, 0.25) is 0 Å². The number of rotatable bonds is 15. The van der Waals surface area contributed by atoms with E-state index in [1.807, 2.05) is 49.0 Å². The summed E-state index contributed by atoms with van der Waals surface area (Å²) in [7, 11) is -2.10. The SMILES string of the molecule is CCSC[C@H](CC1CCCCC1)NCc1ccc(C(=O)NC(CCS(C)(=O)=O)C(=O)OC)c(-c2ccccc2C)c1. The molecule has 0 saturated heterocycles. The van der Waals surface area contributed by atoms with Crippen LogP contribution in [0.3, 0.4) is 0 Å². The third kappa shape index (κ3) is 10.8. The predicted molar refractivity (Wildman–Crippen MR) is 169 cm³/mol. The largest absolute Gasteiger partial charge is 0.467 e. The molecule has 0 bridgehead atoms. The van der Waals surface area contributed by atoms with E-state index in [4.69, 9.17) is 4.74 Å². The number of amides is 1. The van der Waals surface area contributed by atoms with E-state index >= 15 is 0 Å². The van der Waals surface area contributed by atoms with E-state index in [0.29, 0.717) is 18.2 Å². The lowest BCUT2D eigenvalue weighted by Crippen LogP contribution is -2.42. The highest BCUT2D eigenvalue weighted by atomic mass is 32.2. The maximum Gasteiger partial charge on any atom is 0.328 e. The predicted octanol–water partition coefficient (Wildman–Crippen LogP) is 5.55. The van der Waals surface area contributed by atoms with Gasteiger partial charge in [-0.05, 0) is 65.8 Å². The fourth-order valence-electron chi connectivity index (χ4n) is 5.51. The number of aryl methyl sites for hydroxylation is 1. The fourth-order valence-corrected chi connectivity index (χ4v) is 6.95. The molecule has 2 aromatic carbocycles. The standard InChI is InChI=1S/C32H46N2O5S2/c1-5-40-22-26(19-24-12-7-6-8-13-24)33-21-25-15-16-28(29(20-25)27-14-10-9-11-23(27)2)31(35)34-30(32(36)39-3)17-18-41(4,37)38/h9-11,14-16,20,24,26,30,33H,5-8,12-13,17-19,21-22H2,1-4H3,(H,34,35)/t26-,30?/m0/s1. The van der Waals surface area contributed by atoms with Crippen LogP contribution in [0.4, 0.5) is 0 Å². The van der Waals surface area contributed by atoms with Crippen molar-refractivity contribution in [2.75, 3.05) is 30.6 Å². The zero-order valence-electron chi connectivity index (χ0n) is 24.9. The third-order valence-electron chi connectivity index (χ3n) is 7.79. The molecule has 1 fully saturated rings. The topological polar surface area (TPSA) is 102 Å². The van der Waals surface area contributed by atoms with E-state index in [2.05, 4.69) is 23.6 Å². The molecule has 1 aliphatic carbocycles. The normalized spacial score (nSPS) is 15.7. The Morgan fingerprint density at radius 2 is 1.80 bits per heavy atom. The summed E-state index contributed by atoms with van der Waals surface area (Å²) in [4.78, 5) is 25.9. The minimum absolute atomic E-state index is 0.0584. The van der Waals surface area contributed by atoms with Gasteiger partial charge in [-0.3, -0.25) is 4.79 Å². The molecule has 7 nitrogen and oxygen atoms in total. The molecule has 0 heterocycles. The van der Waals surface area contributed by atoms with Crippen LogP contribution in [0.5, 0.6) is 0 Å². The first-order valence-corrected chi connectivity index (χ1v) is 17.9. The van der Waals surface area contributed by atoms with Crippen LogP contribution in [0.2, 0.25) is 0 Å². The molecule has 226 valence electrons. The molecule has 1 amide bonds. The number of carbonyl (C=O) groups excluding carboxylic acids is 2. The minimum Gasteiger partial charge on any atom is -0.467 e. The zero-order valence-corrected chi connectivity index (χ0v) is 26.5. The smallest absolute Gasteiger partial charge is 0.328 e. The van der Waals surface area contributed by atoms with Gasteiger partial charge < -0.3 is 15.4 Å². The number of methoxy groups -OCH3 is 1. The lowest BCUT2D eigenvalue weighted by atomic mass is 9.85. The first-order chi connectivity index (χ1) is 19.6. The Kier molecular flexibility index (Phi) is 13.2. The van der Waals surface area contributed by atoms with E-state index in [-0.39, 0.29) is 12.2 Å². The van der Waals surface area contributed by atoms with Gasteiger partial charge >= 0.3 is 5.97 Å². The molecule has 41 heavy (non-hydrogen) atoms. The molecule has 2 N–H and O–H groups in total. The summed E-state index contributed by atoms with van der Waals surface area (Å²) in [6.45, 7) is 4.90. The summed E-state index contributed by atoms with van der Waals surface area (Å²) in [5.74, 6) is 1.62. The van der Waals surface area contributed by atoms with Crippen LogP contribution in [0, 0.1) is 12.8 Å². The van der Waals surface area contributed by atoms with Crippen molar-refractivity contribution in [2.45, 2.75) is 77.4 Å². The van der Waals surface area contributed by atoms with Crippen molar-refractivity contribution in [2.24, 2.45) is 5.92 Å². The second-order valence-corrected chi connectivity index (χ2v) is 14.7. The van der Waals surface area contributed by atoms with Crippen LogP contribution in [-0.2, 0) is 25.9 Å². The van der Waals surface area contributed by atoms with Crippen LogP contribution in [0.25, 0.3) is 11.1 Å². The number of esters is 1. The molecular weight excluding hydrogens is 556 g/mol. The molecule has 1 unspecified atom stereocenters. The summed E-state index contributed by atoms with van der Waals surface area (Å²) in [5, 5.41) is 6.53. The first kappa shape index (κ1) is 33.1. The lowest BCUT2D eigenvalue weighted by molar-refractivity contribution is -0.142. The Morgan fingerprint density at radius 3 is 2.46 bits per heavy atom. The number of benzene rings is 2.